The van der Waals surface area contributed by atoms with Crippen molar-refractivity contribution in [2.45, 2.75) is 26.3 Å². The van der Waals surface area contributed by atoms with Gasteiger partial charge in [-0.25, -0.2) is 0 Å². The van der Waals surface area contributed by atoms with Gasteiger partial charge in [0.2, 0.25) is 11.8 Å². The van der Waals surface area contributed by atoms with Gasteiger partial charge in [-0.15, -0.1) is 0 Å². The minimum Gasteiger partial charge on any atom is -0.507 e. The Morgan fingerprint density at radius 1 is 1.00 bits per heavy atom. The topological polar surface area (TPSA) is 108 Å². The molecule has 2 aromatic carbocycles. The summed E-state index contributed by atoms with van der Waals surface area (Å²) in [4.78, 5) is 35.6. The zero-order valence-corrected chi connectivity index (χ0v) is 14.6. The van der Waals surface area contributed by atoms with Crippen LogP contribution in [0.3, 0.4) is 0 Å². The molecule has 0 aromatic heterocycles. The molecule has 7 nitrogen and oxygen atoms in total. The number of nitrogens with one attached hydrogen (secondary N) is 3. The van der Waals surface area contributed by atoms with Crippen molar-refractivity contribution in [2.75, 3.05) is 0 Å². The van der Waals surface area contributed by atoms with E-state index >= 15 is 0 Å². The van der Waals surface area contributed by atoms with Crippen LogP contribution in [0.1, 0.15) is 40.9 Å². The number of carbonyl (C=O) groups is 3. The highest BCUT2D eigenvalue weighted by Gasteiger charge is 2.18. The number of amides is 3. The summed E-state index contributed by atoms with van der Waals surface area (Å²) >= 11 is 0. The Hall–Kier alpha value is -3.35. The number of rotatable bonds is 5. The summed E-state index contributed by atoms with van der Waals surface area (Å²) in [5, 5.41) is 12.4. The van der Waals surface area contributed by atoms with Gasteiger partial charge < -0.3 is 10.4 Å². The normalized spacial score (nSPS) is 11.3. The van der Waals surface area contributed by atoms with Crippen molar-refractivity contribution in [3.63, 3.8) is 0 Å². The van der Waals surface area contributed by atoms with Crippen molar-refractivity contribution >= 4 is 17.7 Å². The fourth-order valence-corrected chi connectivity index (χ4v) is 2.39. The zero-order valence-electron chi connectivity index (χ0n) is 14.6. The van der Waals surface area contributed by atoms with Crippen LogP contribution in [-0.2, 0) is 9.59 Å². The Balaban J connectivity index is 1.98. The second-order valence-electron chi connectivity index (χ2n) is 5.89. The van der Waals surface area contributed by atoms with Crippen molar-refractivity contribution in [1.82, 2.24) is 16.2 Å². The number of para-hydroxylation sites is 1. The first-order valence-electron chi connectivity index (χ1n) is 8.07. The van der Waals surface area contributed by atoms with Gasteiger partial charge in [0, 0.05) is 6.92 Å². The molecule has 0 bridgehead atoms. The van der Waals surface area contributed by atoms with Crippen LogP contribution in [0.25, 0.3) is 0 Å². The maximum Gasteiger partial charge on any atom is 0.273 e. The van der Waals surface area contributed by atoms with E-state index in [1.54, 1.807) is 12.1 Å². The molecule has 4 N–H and O–H groups in total. The molecule has 26 heavy (non-hydrogen) atoms. The smallest absolute Gasteiger partial charge is 0.273 e. The third-order valence-corrected chi connectivity index (χ3v) is 3.71. The molecular weight excluding hydrogens is 334 g/mol. The van der Waals surface area contributed by atoms with Gasteiger partial charge in [0.15, 0.2) is 0 Å². The van der Waals surface area contributed by atoms with Crippen molar-refractivity contribution in [3.05, 3.63) is 65.2 Å². The monoisotopic (exact) mass is 355 g/mol. The first-order valence-corrected chi connectivity index (χ1v) is 8.07. The molecule has 0 aliphatic heterocycles. The number of hydrogen-bond acceptors (Lipinski definition) is 4. The quantitative estimate of drug-likeness (QED) is 0.613. The minimum atomic E-state index is -0.636. The van der Waals surface area contributed by atoms with Crippen LogP contribution in [0.5, 0.6) is 5.75 Å². The van der Waals surface area contributed by atoms with Crippen LogP contribution in [0.4, 0.5) is 0 Å². The minimum absolute atomic E-state index is 0.0461. The fourth-order valence-electron chi connectivity index (χ4n) is 2.39. The number of phenols is 1. The first kappa shape index (κ1) is 19.0. The van der Waals surface area contributed by atoms with Gasteiger partial charge in [-0.1, -0.05) is 42.0 Å². The Labute approximate surface area is 151 Å². The molecule has 3 amide bonds. The van der Waals surface area contributed by atoms with Crippen LogP contribution >= 0.6 is 0 Å². The highest BCUT2D eigenvalue weighted by molar-refractivity contribution is 5.97. The first-order chi connectivity index (χ1) is 12.4. The average molecular weight is 355 g/mol. The van der Waals surface area contributed by atoms with Crippen molar-refractivity contribution in [3.8, 4) is 5.75 Å². The molecule has 7 heteroatoms. The van der Waals surface area contributed by atoms with Crippen LogP contribution in [0.15, 0.2) is 48.5 Å². The predicted octanol–water partition coefficient (Wildman–Crippen LogP) is 1.73. The summed E-state index contributed by atoms with van der Waals surface area (Å²) in [5.74, 6) is -1.56. The van der Waals surface area contributed by atoms with Gasteiger partial charge >= 0.3 is 0 Å². The molecule has 136 valence electrons. The summed E-state index contributed by atoms with van der Waals surface area (Å²) in [6.07, 6.45) is -0.0519. The van der Waals surface area contributed by atoms with Gasteiger partial charge in [-0.3, -0.25) is 25.2 Å². The molecule has 0 fully saturated rings. The van der Waals surface area contributed by atoms with Crippen molar-refractivity contribution in [1.29, 1.82) is 0 Å². The predicted molar refractivity (Wildman–Crippen MR) is 96.1 cm³/mol. The van der Waals surface area contributed by atoms with E-state index in [9.17, 15) is 19.5 Å². The molecule has 0 aliphatic rings. The number of hydrogen-bond donors (Lipinski definition) is 4. The molecule has 0 aliphatic carbocycles. The highest BCUT2D eigenvalue weighted by Crippen LogP contribution is 2.18. The van der Waals surface area contributed by atoms with E-state index in [-0.39, 0.29) is 23.6 Å². The number of hydrazine groups is 1. The summed E-state index contributed by atoms with van der Waals surface area (Å²) in [6.45, 7) is 3.32. The van der Waals surface area contributed by atoms with Crippen molar-refractivity contribution < 1.29 is 19.5 Å². The molecule has 0 radical (unpaired) electrons. The second kappa shape index (κ2) is 8.66. The highest BCUT2D eigenvalue weighted by atomic mass is 16.3. The van der Waals surface area contributed by atoms with E-state index in [1.165, 1.54) is 19.1 Å². The Morgan fingerprint density at radius 2 is 1.65 bits per heavy atom. The van der Waals surface area contributed by atoms with E-state index in [0.29, 0.717) is 0 Å². The van der Waals surface area contributed by atoms with Crippen LogP contribution < -0.4 is 16.2 Å². The zero-order chi connectivity index (χ0) is 19.1. The van der Waals surface area contributed by atoms with Crippen LogP contribution in [0, 0.1) is 6.92 Å². The van der Waals surface area contributed by atoms with Gasteiger partial charge in [0.05, 0.1) is 18.0 Å². The summed E-state index contributed by atoms with van der Waals surface area (Å²) in [5.41, 5.74) is 6.44. The summed E-state index contributed by atoms with van der Waals surface area (Å²) < 4.78 is 0. The third-order valence-electron chi connectivity index (χ3n) is 3.71. The molecular formula is C19H21N3O4. The Kier molecular flexibility index (Phi) is 6.32. The Bertz CT molecular complexity index is 803. The maximum absolute atomic E-state index is 12.2. The van der Waals surface area contributed by atoms with Gasteiger partial charge in [0.1, 0.15) is 5.75 Å². The summed E-state index contributed by atoms with van der Waals surface area (Å²) in [6, 6.07) is 12.9. The van der Waals surface area contributed by atoms with Gasteiger partial charge in [0.25, 0.3) is 5.91 Å². The lowest BCUT2D eigenvalue weighted by molar-refractivity contribution is -0.123. The molecule has 0 spiro atoms. The number of phenolic OH excluding ortho intramolecular Hbond substituents is 1. The number of aryl methyl sites for hydroxylation is 1. The van der Waals surface area contributed by atoms with Crippen LogP contribution in [0.2, 0.25) is 0 Å². The van der Waals surface area contributed by atoms with E-state index in [4.69, 9.17) is 0 Å². The molecule has 2 rings (SSSR count). The molecule has 1 atom stereocenters. The average Bonchev–Trinajstić information content (AvgIpc) is 2.60. The standard InChI is InChI=1S/C19H21N3O4/c1-12-7-9-14(10-8-12)16(20-13(2)23)11-18(25)21-22-19(26)15-5-3-4-6-17(15)24/h3-10,16,24H,11H2,1-2H3,(H,20,23)(H,21,25)(H,22,26)/t16-/m1/s1. The fraction of sp³-hybridized carbons (Fsp3) is 0.211. The van der Waals surface area contributed by atoms with Crippen LogP contribution in [-0.4, -0.2) is 22.8 Å². The second-order valence-corrected chi connectivity index (χ2v) is 5.89. The maximum atomic E-state index is 12.2. The van der Waals surface area contributed by atoms with Gasteiger partial charge in [-0.2, -0.15) is 0 Å². The third kappa shape index (κ3) is 5.34. The van der Waals surface area contributed by atoms with Crippen molar-refractivity contribution in [2.24, 2.45) is 0 Å². The van der Waals surface area contributed by atoms with Gasteiger partial charge in [-0.05, 0) is 24.6 Å². The SMILES string of the molecule is CC(=O)N[C@H](CC(=O)NNC(=O)c1ccccc1O)c1ccc(C)cc1. The number of aromatic hydroxyl groups is 1. The summed E-state index contributed by atoms with van der Waals surface area (Å²) in [7, 11) is 0. The lowest BCUT2D eigenvalue weighted by Gasteiger charge is -2.18. The Morgan fingerprint density at radius 3 is 2.27 bits per heavy atom. The van der Waals surface area contributed by atoms with E-state index in [2.05, 4.69) is 16.2 Å². The van der Waals surface area contributed by atoms with E-state index in [1.807, 2.05) is 31.2 Å². The molecule has 2 aromatic rings. The molecule has 0 saturated heterocycles. The molecule has 0 saturated carbocycles. The number of benzene rings is 2. The van der Waals surface area contributed by atoms with E-state index < -0.39 is 17.9 Å². The lowest BCUT2D eigenvalue weighted by atomic mass is 10.0. The van der Waals surface area contributed by atoms with E-state index in [0.717, 1.165) is 11.1 Å². The molecule has 0 heterocycles. The number of carbonyl (C=O) groups excluding carboxylic acids is 3. The molecule has 0 unspecified atom stereocenters. The lowest BCUT2D eigenvalue weighted by Crippen LogP contribution is -2.43. The largest absolute Gasteiger partial charge is 0.507 e.